The molecule has 1 atom stereocenters. The fraction of sp³-hybridized carbons (Fsp3) is 0.235. The molecule has 0 aromatic heterocycles. The number of ketones is 1. The molecule has 1 aliphatic heterocycles. The number of carbonyl (C=O) groups excluding carboxylic acids is 1. The Hall–Kier alpha value is -2.36. The van der Waals surface area contributed by atoms with Gasteiger partial charge in [-0.05, 0) is 48.4 Å². The predicted molar refractivity (Wildman–Crippen MR) is 76.4 cm³/mol. The van der Waals surface area contributed by atoms with Crippen LogP contribution in [0.25, 0.3) is 0 Å². The molecule has 0 amide bonds. The zero-order valence-electron chi connectivity index (χ0n) is 11.9. The van der Waals surface area contributed by atoms with Crippen LogP contribution in [0.5, 0.6) is 11.5 Å². The second-order valence-electron chi connectivity index (χ2n) is 5.10. The summed E-state index contributed by atoms with van der Waals surface area (Å²) in [4.78, 5) is 12.3. The summed E-state index contributed by atoms with van der Waals surface area (Å²) in [5.41, 5.74) is 2.13. The Morgan fingerprint density at radius 3 is 2.81 bits per heavy atom. The predicted octanol–water partition coefficient (Wildman–Crippen LogP) is 3.85. The minimum atomic E-state index is -0.450. The zero-order valence-corrected chi connectivity index (χ0v) is 11.9. The van der Waals surface area contributed by atoms with Crippen molar-refractivity contribution in [3.63, 3.8) is 0 Å². The second-order valence-corrected chi connectivity index (χ2v) is 5.10. The Kier molecular flexibility index (Phi) is 3.37. The summed E-state index contributed by atoms with van der Waals surface area (Å²) in [6.07, 6.45) is -0.251. The number of aryl methyl sites for hydroxylation is 1. The van der Waals surface area contributed by atoms with Gasteiger partial charge in [0.25, 0.3) is 0 Å². The van der Waals surface area contributed by atoms with Crippen LogP contribution in [0.15, 0.2) is 36.4 Å². The van der Waals surface area contributed by atoms with E-state index >= 15 is 0 Å². The minimum absolute atomic E-state index is 0.0242. The third-order valence-electron chi connectivity index (χ3n) is 3.72. The van der Waals surface area contributed by atoms with Gasteiger partial charge < -0.3 is 9.47 Å². The third kappa shape index (κ3) is 2.49. The molecule has 2 aromatic rings. The molecule has 3 rings (SSSR count). The van der Waals surface area contributed by atoms with Crippen LogP contribution in [0.1, 0.15) is 34.0 Å². The van der Waals surface area contributed by atoms with E-state index in [0.29, 0.717) is 22.6 Å². The van der Waals surface area contributed by atoms with Gasteiger partial charge in [0.05, 0.1) is 19.1 Å². The lowest BCUT2D eigenvalue weighted by molar-refractivity contribution is 0.0848. The first-order valence-electron chi connectivity index (χ1n) is 6.72. The number of ether oxygens (including phenoxy) is 2. The quantitative estimate of drug-likeness (QED) is 0.841. The van der Waals surface area contributed by atoms with Crippen LogP contribution in [0.3, 0.4) is 0 Å². The Morgan fingerprint density at radius 2 is 2.05 bits per heavy atom. The maximum Gasteiger partial charge on any atom is 0.170 e. The fourth-order valence-electron chi connectivity index (χ4n) is 2.56. The number of fused-ring (bicyclic) bond motifs is 1. The molecular weight excluding hydrogens is 271 g/mol. The fourth-order valence-corrected chi connectivity index (χ4v) is 2.56. The molecule has 1 unspecified atom stereocenters. The SMILES string of the molecule is COc1ccc2c(c1)C(=O)CC(c1cc(F)ccc1C)O2. The van der Waals surface area contributed by atoms with Crippen LogP contribution in [0.4, 0.5) is 4.39 Å². The van der Waals surface area contributed by atoms with E-state index in [1.807, 2.05) is 6.92 Å². The monoisotopic (exact) mass is 286 g/mol. The first-order chi connectivity index (χ1) is 10.1. The van der Waals surface area contributed by atoms with Gasteiger partial charge in [-0.15, -0.1) is 0 Å². The van der Waals surface area contributed by atoms with Crippen molar-refractivity contribution in [3.05, 3.63) is 58.9 Å². The van der Waals surface area contributed by atoms with Crippen molar-refractivity contribution in [2.75, 3.05) is 7.11 Å². The van der Waals surface area contributed by atoms with Crippen molar-refractivity contribution in [2.45, 2.75) is 19.4 Å². The Labute approximate surface area is 122 Å². The summed E-state index contributed by atoms with van der Waals surface area (Å²) >= 11 is 0. The number of carbonyl (C=O) groups is 1. The normalized spacial score (nSPS) is 17.1. The molecule has 0 fully saturated rings. The van der Waals surface area contributed by atoms with E-state index in [4.69, 9.17) is 9.47 Å². The average molecular weight is 286 g/mol. The summed E-state index contributed by atoms with van der Waals surface area (Å²) < 4.78 is 24.4. The van der Waals surface area contributed by atoms with Crippen molar-refractivity contribution in [2.24, 2.45) is 0 Å². The van der Waals surface area contributed by atoms with Crippen LogP contribution >= 0.6 is 0 Å². The number of rotatable bonds is 2. The average Bonchev–Trinajstić information content (AvgIpc) is 2.49. The van der Waals surface area contributed by atoms with Crippen LogP contribution < -0.4 is 9.47 Å². The molecule has 1 aliphatic rings. The topological polar surface area (TPSA) is 35.5 Å². The van der Waals surface area contributed by atoms with Gasteiger partial charge in [-0.1, -0.05) is 6.07 Å². The highest BCUT2D eigenvalue weighted by atomic mass is 19.1. The van der Waals surface area contributed by atoms with Crippen LogP contribution in [0.2, 0.25) is 0 Å². The molecule has 21 heavy (non-hydrogen) atoms. The smallest absolute Gasteiger partial charge is 0.170 e. The van der Waals surface area contributed by atoms with E-state index in [9.17, 15) is 9.18 Å². The van der Waals surface area contributed by atoms with Gasteiger partial charge in [0.15, 0.2) is 5.78 Å². The molecule has 108 valence electrons. The molecule has 0 bridgehead atoms. The molecule has 2 aromatic carbocycles. The van der Waals surface area contributed by atoms with Crippen molar-refractivity contribution >= 4 is 5.78 Å². The maximum absolute atomic E-state index is 13.4. The minimum Gasteiger partial charge on any atom is -0.497 e. The van der Waals surface area contributed by atoms with Gasteiger partial charge in [0.1, 0.15) is 23.4 Å². The summed E-state index contributed by atoms with van der Waals surface area (Å²) in [5, 5.41) is 0. The highest BCUT2D eigenvalue weighted by molar-refractivity contribution is 6.00. The second kappa shape index (κ2) is 5.20. The molecule has 0 aliphatic carbocycles. The van der Waals surface area contributed by atoms with E-state index in [1.165, 1.54) is 12.1 Å². The summed E-state index contributed by atoms with van der Waals surface area (Å²) in [5.74, 6) is 0.780. The molecule has 0 N–H and O–H groups in total. The van der Waals surface area contributed by atoms with Crippen LogP contribution in [0, 0.1) is 12.7 Å². The van der Waals surface area contributed by atoms with E-state index in [1.54, 1.807) is 31.4 Å². The molecule has 0 saturated carbocycles. The summed E-state index contributed by atoms with van der Waals surface area (Å²) in [7, 11) is 1.55. The van der Waals surface area contributed by atoms with Gasteiger partial charge in [-0.3, -0.25) is 4.79 Å². The van der Waals surface area contributed by atoms with Crippen molar-refractivity contribution in [1.82, 2.24) is 0 Å². The van der Waals surface area contributed by atoms with Crippen molar-refractivity contribution in [1.29, 1.82) is 0 Å². The Bertz CT molecular complexity index is 709. The Morgan fingerprint density at radius 1 is 1.24 bits per heavy atom. The molecule has 0 saturated heterocycles. The van der Waals surface area contributed by atoms with Gasteiger partial charge >= 0.3 is 0 Å². The van der Waals surface area contributed by atoms with E-state index < -0.39 is 6.10 Å². The van der Waals surface area contributed by atoms with E-state index in [-0.39, 0.29) is 18.0 Å². The van der Waals surface area contributed by atoms with E-state index in [0.717, 1.165) is 5.56 Å². The molecule has 0 radical (unpaired) electrons. The number of hydrogen-bond acceptors (Lipinski definition) is 3. The zero-order chi connectivity index (χ0) is 15.0. The molecular formula is C17H15FO3. The van der Waals surface area contributed by atoms with Crippen LogP contribution in [-0.4, -0.2) is 12.9 Å². The van der Waals surface area contributed by atoms with Crippen LogP contribution in [-0.2, 0) is 0 Å². The standard InChI is InChI=1S/C17H15FO3/c1-10-3-4-11(18)7-13(10)17-9-15(19)14-8-12(20-2)5-6-16(14)21-17/h3-8,17H,9H2,1-2H3. The summed E-state index contributed by atoms with van der Waals surface area (Å²) in [6.45, 7) is 1.88. The molecule has 3 nitrogen and oxygen atoms in total. The number of Topliss-reactive ketones (excluding diaryl/α,β-unsaturated/α-hetero) is 1. The third-order valence-corrected chi connectivity index (χ3v) is 3.72. The van der Waals surface area contributed by atoms with Gasteiger partial charge in [0.2, 0.25) is 0 Å². The first-order valence-corrected chi connectivity index (χ1v) is 6.72. The van der Waals surface area contributed by atoms with Crippen molar-refractivity contribution in [3.8, 4) is 11.5 Å². The number of halogens is 1. The Balaban J connectivity index is 1.98. The lowest BCUT2D eigenvalue weighted by Crippen LogP contribution is -2.21. The first kappa shape index (κ1) is 13.6. The van der Waals surface area contributed by atoms with Gasteiger partial charge in [0, 0.05) is 0 Å². The molecule has 1 heterocycles. The van der Waals surface area contributed by atoms with Crippen molar-refractivity contribution < 1.29 is 18.7 Å². The number of methoxy groups -OCH3 is 1. The lowest BCUT2D eigenvalue weighted by Gasteiger charge is -2.26. The highest BCUT2D eigenvalue weighted by Gasteiger charge is 2.29. The lowest BCUT2D eigenvalue weighted by atomic mass is 9.94. The molecule has 4 heteroatoms. The van der Waals surface area contributed by atoms with E-state index in [2.05, 4.69) is 0 Å². The highest BCUT2D eigenvalue weighted by Crippen LogP contribution is 2.37. The number of benzene rings is 2. The maximum atomic E-state index is 13.4. The number of hydrogen-bond donors (Lipinski definition) is 0. The van der Waals surface area contributed by atoms with Gasteiger partial charge in [-0.2, -0.15) is 0 Å². The molecule has 0 spiro atoms. The van der Waals surface area contributed by atoms with Gasteiger partial charge in [-0.25, -0.2) is 4.39 Å². The largest absolute Gasteiger partial charge is 0.497 e. The summed E-state index contributed by atoms with van der Waals surface area (Å²) in [6, 6.07) is 9.66.